The molecule has 3 N–H and O–H groups in total. The van der Waals surface area contributed by atoms with E-state index >= 15 is 0 Å². The highest BCUT2D eigenvalue weighted by molar-refractivity contribution is 6.69. The lowest BCUT2D eigenvalue weighted by atomic mass is 10.4. The first-order chi connectivity index (χ1) is 7.21. The summed E-state index contributed by atoms with van der Waals surface area (Å²) in [4.78, 5) is 24.9. The minimum absolute atomic E-state index is 1.78. The van der Waals surface area contributed by atoms with Gasteiger partial charge in [0.1, 0.15) is 0 Å². The third-order valence-electron chi connectivity index (χ3n) is 1.07. The minimum atomic E-state index is -4.45. The van der Waals surface area contributed by atoms with Crippen LogP contribution in [0.25, 0.3) is 0 Å². The minimum Gasteiger partial charge on any atom is -0.366 e. The summed E-state index contributed by atoms with van der Waals surface area (Å²) in [5, 5.41) is 0. The van der Waals surface area contributed by atoms with Crippen molar-refractivity contribution in [1.29, 1.82) is 0 Å². The van der Waals surface area contributed by atoms with Gasteiger partial charge in [0.15, 0.2) is 0 Å². The number of hydrogen-bond donors (Lipinski definition) is 3. The Morgan fingerprint density at radius 2 is 1.00 bits per heavy atom. The van der Waals surface area contributed by atoms with Gasteiger partial charge in [-0.15, -0.1) is 0 Å². The molecule has 1 aromatic rings. The maximum atomic E-state index is 8.31. The van der Waals surface area contributed by atoms with E-state index in [1.54, 1.807) is 19.6 Å². The quantitative estimate of drug-likeness (QED) is 0.428. The largest absolute Gasteiger partial charge is 0.698 e. The van der Waals surface area contributed by atoms with Gasteiger partial charge in [-0.25, -0.2) is 4.58 Å². The molecule has 0 atom stereocenters. The van der Waals surface area contributed by atoms with Crippen LogP contribution in [-0.4, -0.2) is 31.8 Å². The molecule has 0 amide bonds. The zero-order valence-electron chi connectivity index (χ0n) is 9.62. The Bertz CT molecular complexity index is 227. The van der Waals surface area contributed by atoms with E-state index in [4.69, 9.17) is 14.4 Å². The van der Waals surface area contributed by atoms with Crippen LogP contribution in [0.1, 0.15) is 0 Å². The molecule has 0 fully saturated rings. The molecule has 0 saturated carbocycles. The van der Waals surface area contributed by atoms with Crippen LogP contribution in [0.3, 0.4) is 0 Å². The Morgan fingerprint density at radius 3 is 1.12 bits per heavy atom. The van der Waals surface area contributed by atoms with Gasteiger partial charge in [0.25, 0.3) is 0 Å². The van der Waals surface area contributed by atoms with Crippen molar-refractivity contribution >= 4 is 17.4 Å². The molecule has 7 heteroatoms. The molecular weight excluding hydrogens is 244 g/mol. The van der Waals surface area contributed by atoms with Crippen molar-refractivity contribution in [2.24, 2.45) is 0 Å². The highest BCUT2D eigenvalue weighted by Gasteiger charge is 2.35. The van der Waals surface area contributed by atoms with E-state index in [2.05, 4.69) is 9.15 Å². The molecular formula is C9H18O5Si2. The van der Waals surface area contributed by atoms with Crippen LogP contribution in [0, 0.1) is 0 Å². The van der Waals surface area contributed by atoms with Gasteiger partial charge in [0, 0.05) is 0 Å². The molecule has 0 aliphatic heterocycles. The van der Waals surface area contributed by atoms with E-state index in [1.165, 1.54) is 0 Å². The van der Waals surface area contributed by atoms with Crippen molar-refractivity contribution in [3.63, 3.8) is 0 Å². The second kappa shape index (κ2) is 6.91. The van der Waals surface area contributed by atoms with Gasteiger partial charge < -0.3 is 14.4 Å². The van der Waals surface area contributed by atoms with Gasteiger partial charge >= 0.3 is 9.05 Å². The SMILES string of the molecule is C[Si](C)(C)OO[Si](O)(O)O.c1ccccc1. The van der Waals surface area contributed by atoms with Crippen molar-refractivity contribution in [2.75, 3.05) is 0 Å². The van der Waals surface area contributed by atoms with Gasteiger partial charge in [-0.05, 0) is 19.6 Å². The van der Waals surface area contributed by atoms with Gasteiger partial charge in [-0.2, -0.15) is 0 Å². The maximum absolute atomic E-state index is 8.31. The van der Waals surface area contributed by atoms with Crippen molar-refractivity contribution in [3.8, 4) is 0 Å². The Kier molecular flexibility index (Phi) is 6.68. The summed E-state index contributed by atoms with van der Waals surface area (Å²) in [7, 11) is -6.39. The van der Waals surface area contributed by atoms with Crippen LogP contribution in [-0.2, 0) is 9.15 Å². The lowest BCUT2D eigenvalue weighted by molar-refractivity contribution is -0.187. The van der Waals surface area contributed by atoms with Crippen LogP contribution in [0.4, 0.5) is 0 Å². The molecule has 0 unspecified atom stereocenters. The van der Waals surface area contributed by atoms with Crippen molar-refractivity contribution in [3.05, 3.63) is 36.4 Å². The molecule has 0 heterocycles. The van der Waals surface area contributed by atoms with E-state index in [0.717, 1.165) is 0 Å². The summed E-state index contributed by atoms with van der Waals surface area (Å²) in [6.45, 7) is 5.35. The predicted octanol–water partition coefficient (Wildman–Crippen LogP) is 0.869. The van der Waals surface area contributed by atoms with E-state index in [9.17, 15) is 0 Å². The zero-order valence-corrected chi connectivity index (χ0v) is 11.6. The number of hydrogen-bond acceptors (Lipinski definition) is 5. The summed E-state index contributed by atoms with van der Waals surface area (Å²) >= 11 is 0. The van der Waals surface area contributed by atoms with Crippen LogP contribution >= 0.6 is 0 Å². The second-order valence-electron chi connectivity index (χ2n) is 4.01. The Morgan fingerprint density at radius 1 is 0.688 bits per heavy atom. The van der Waals surface area contributed by atoms with Crippen molar-refractivity contribution in [1.82, 2.24) is 0 Å². The lowest BCUT2D eigenvalue weighted by Gasteiger charge is -2.17. The van der Waals surface area contributed by atoms with Crippen molar-refractivity contribution in [2.45, 2.75) is 19.6 Å². The molecule has 0 saturated heterocycles. The molecule has 0 aliphatic rings. The average molecular weight is 262 g/mol. The van der Waals surface area contributed by atoms with Crippen LogP contribution in [0.2, 0.25) is 19.6 Å². The topological polar surface area (TPSA) is 79.2 Å². The Hall–Kier alpha value is -0.546. The van der Waals surface area contributed by atoms with E-state index in [0.29, 0.717) is 0 Å². The highest BCUT2D eigenvalue weighted by Crippen LogP contribution is 2.04. The third-order valence-corrected chi connectivity index (χ3v) is 2.13. The Balaban J connectivity index is 0.000000315. The lowest BCUT2D eigenvalue weighted by Crippen LogP contribution is -2.42. The van der Waals surface area contributed by atoms with Gasteiger partial charge in [0.2, 0.25) is 8.32 Å². The van der Waals surface area contributed by atoms with Gasteiger partial charge in [-0.1, -0.05) is 36.4 Å². The predicted molar refractivity (Wildman–Crippen MR) is 64.4 cm³/mol. The number of rotatable bonds is 3. The van der Waals surface area contributed by atoms with Crippen LogP contribution < -0.4 is 0 Å². The molecule has 1 aromatic carbocycles. The molecule has 0 bridgehead atoms. The van der Waals surface area contributed by atoms with E-state index in [-0.39, 0.29) is 0 Å². The van der Waals surface area contributed by atoms with E-state index < -0.39 is 17.4 Å². The monoisotopic (exact) mass is 262 g/mol. The van der Waals surface area contributed by atoms with Crippen molar-refractivity contribution < 1.29 is 23.5 Å². The molecule has 5 nitrogen and oxygen atoms in total. The smallest absolute Gasteiger partial charge is 0.366 e. The number of benzene rings is 1. The van der Waals surface area contributed by atoms with Crippen LogP contribution in [0.15, 0.2) is 36.4 Å². The summed E-state index contributed by atoms with van der Waals surface area (Å²) in [6, 6.07) is 12.0. The van der Waals surface area contributed by atoms with E-state index in [1.807, 2.05) is 36.4 Å². The first-order valence-corrected chi connectivity index (χ1v) is 9.90. The summed E-state index contributed by atoms with van der Waals surface area (Å²) in [6.07, 6.45) is 0. The highest BCUT2D eigenvalue weighted by atomic mass is 28.4. The average Bonchev–Trinajstić information content (AvgIpc) is 2.17. The third kappa shape index (κ3) is 13.5. The molecule has 0 radical (unpaired) electrons. The summed E-state index contributed by atoms with van der Waals surface area (Å²) < 4.78 is 8.51. The van der Waals surface area contributed by atoms with Gasteiger partial charge in [-0.3, -0.25) is 4.58 Å². The standard InChI is InChI=1S/C6H6.C3H12O5Si2/c1-2-4-6-5-3-1;1-9(2,3)7-8-10(4,5)6/h1-6H;4-6H,1-3H3. The summed E-state index contributed by atoms with van der Waals surface area (Å²) in [5.41, 5.74) is 0. The first kappa shape index (κ1) is 15.5. The fraction of sp³-hybridized carbons (Fsp3) is 0.333. The molecule has 92 valence electrons. The normalized spacial score (nSPS) is 11.6. The second-order valence-corrected chi connectivity index (χ2v) is 9.71. The molecule has 1 rings (SSSR count). The molecule has 16 heavy (non-hydrogen) atoms. The maximum Gasteiger partial charge on any atom is 0.698 e. The van der Waals surface area contributed by atoms with Crippen LogP contribution in [0.5, 0.6) is 0 Å². The first-order valence-electron chi connectivity index (χ1n) is 4.75. The Labute approximate surface area is 97.4 Å². The summed E-state index contributed by atoms with van der Waals surface area (Å²) in [5.74, 6) is 0. The van der Waals surface area contributed by atoms with Gasteiger partial charge in [0.05, 0.1) is 0 Å². The zero-order chi connectivity index (χ0) is 12.7. The molecule has 0 aromatic heterocycles. The molecule has 0 aliphatic carbocycles. The fourth-order valence-electron chi connectivity index (χ4n) is 0.566. The molecule has 0 spiro atoms. The fourth-order valence-corrected chi connectivity index (χ4v) is 2.01.